The van der Waals surface area contributed by atoms with Crippen LogP contribution in [-0.4, -0.2) is 43.3 Å². The summed E-state index contributed by atoms with van der Waals surface area (Å²) in [4.78, 5) is 20.4. The molecular weight excluding hydrogens is 466 g/mol. The number of hydrogen-bond acceptors (Lipinski definition) is 5. The van der Waals surface area contributed by atoms with Gasteiger partial charge in [-0.1, -0.05) is 24.3 Å². The highest BCUT2D eigenvalue weighted by Crippen LogP contribution is 2.53. The molecule has 0 N–H and O–H groups in total. The Balaban J connectivity index is 1.36. The molecule has 0 radical (unpaired) electrons. The molecule has 2 aliphatic rings. The zero-order valence-corrected chi connectivity index (χ0v) is 21.7. The maximum Gasteiger partial charge on any atom is 0.228 e. The molecule has 7 heteroatoms. The van der Waals surface area contributed by atoms with E-state index in [4.69, 9.17) is 14.2 Å². The highest BCUT2D eigenvalue weighted by atomic mass is 16.5. The van der Waals surface area contributed by atoms with Crippen LogP contribution in [0.2, 0.25) is 0 Å². The predicted octanol–water partition coefficient (Wildman–Crippen LogP) is 5.11. The minimum Gasteiger partial charge on any atom is -0.495 e. The number of aromatic nitrogens is 2. The van der Waals surface area contributed by atoms with E-state index in [0.29, 0.717) is 19.5 Å². The lowest BCUT2D eigenvalue weighted by atomic mass is 9.81. The molecule has 2 atom stereocenters. The first-order valence-corrected chi connectivity index (χ1v) is 12.7. The molecule has 0 bridgehead atoms. The molecule has 190 valence electrons. The number of amides is 1. The van der Waals surface area contributed by atoms with Crippen LogP contribution in [0.4, 0.5) is 5.69 Å². The summed E-state index contributed by atoms with van der Waals surface area (Å²) in [6, 6.07) is 18.3. The molecule has 37 heavy (non-hydrogen) atoms. The largest absolute Gasteiger partial charge is 0.495 e. The van der Waals surface area contributed by atoms with Crippen LogP contribution < -0.4 is 19.1 Å². The number of fused-ring (bicyclic) bond motifs is 6. The fraction of sp³-hybridized carbons (Fsp3) is 0.333. The van der Waals surface area contributed by atoms with Gasteiger partial charge in [0.05, 0.1) is 38.1 Å². The van der Waals surface area contributed by atoms with Gasteiger partial charge in [-0.15, -0.1) is 0 Å². The molecule has 1 aromatic heterocycles. The van der Waals surface area contributed by atoms with Crippen molar-refractivity contribution in [1.29, 1.82) is 0 Å². The summed E-state index contributed by atoms with van der Waals surface area (Å²) in [5.41, 5.74) is 6.50. The van der Waals surface area contributed by atoms with Gasteiger partial charge in [-0.2, -0.15) is 0 Å². The smallest absolute Gasteiger partial charge is 0.228 e. The molecule has 0 saturated heterocycles. The Morgan fingerprint density at radius 2 is 1.70 bits per heavy atom. The quantitative estimate of drug-likeness (QED) is 0.370. The Bertz CT molecular complexity index is 1510. The van der Waals surface area contributed by atoms with Gasteiger partial charge in [0.25, 0.3) is 0 Å². The first-order chi connectivity index (χ1) is 18.0. The SMILES string of the molecule is COc1cc2c(cc1OC)[C@@H]1c3cccc(OC)c3N(C(=O)CCn3c(C)nc4ccccc43)C[C@@H]1C2. The molecule has 0 fully saturated rings. The van der Waals surface area contributed by atoms with Crippen LogP contribution in [-0.2, 0) is 17.8 Å². The summed E-state index contributed by atoms with van der Waals surface area (Å²) in [6.45, 7) is 3.21. The van der Waals surface area contributed by atoms with E-state index in [2.05, 4.69) is 33.8 Å². The number of aryl methyl sites for hydroxylation is 2. The molecule has 0 spiro atoms. The third-order valence-corrected chi connectivity index (χ3v) is 7.90. The Morgan fingerprint density at radius 3 is 2.49 bits per heavy atom. The first-order valence-electron chi connectivity index (χ1n) is 12.7. The van der Waals surface area contributed by atoms with Crippen molar-refractivity contribution in [3.8, 4) is 17.2 Å². The molecule has 1 aliphatic carbocycles. The van der Waals surface area contributed by atoms with Crippen LogP contribution in [0.3, 0.4) is 0 Å². The Hall–Kier alpha value is -4.00. The number of carbonyl (C=O) groups excluding carboxylic acids is 1. The van der Waals surface area contributed by atoms with Gasteiger partial charge in [0.2, 0.25) is 5.91 Å². The average molecular weight is 498 g/mol. The molecule has 1 amide bonds. The second-order valence-electron chi connectivity index (χ2n) is 9.80. The average Bonchev–Trinajstić information content (AvgIpc) is 3.45. The molecule has 6 rings (SSSR count). The van der Waals surface area contributed by atoms with E-state index in [1.807, 2.05) is 42.2 Å². The fourth-order valence-electron chi connectivity index (χ4n) is 6.27. The zero-order valence-electron chi connectivity index (χ0n) is 21.7. The predicted molar refractivity (Wildman–Crippen MR) is 143 cm³/mol. The fourth-order valence-corrected chi connectivity index (χ4v) is 6.27. The molecule has 0 unspecified atom stereocenters. The lowest BCUT2D eigenvalue weighted by Gasteiger charge is -2.38. The summed E-state index contributed by atoms with van der Waals surface area (Å²) in [5, 5.41) is 0. The zero-order chi connectivity index (χ0) is 25.7. The van der Waals surface area contributed by atoms with Gasteiger partial charge in [-0.25, -0.2) is 4.98 Å². The summed E-state index contributed by atoms with van der Waals surface area (Å²) < 4.78 is 19.1. The number of nitrogens with zero attached hydrogens (tertiary/aromatic N) is 3. The second kappa shape index (κ2) is 9.14. The molecule has 7 nitrogen and oxygen atoms in total. The van der Waals surface area contributed by atoms with Crippen LogP contribution in [0.25, 0.3) is 11.0 Å². The minimum atomic E-state index is 0.0903. The van der Waals surface area contributed by atoms with Crippen molar-refractivity contribution in [3.63, 3.8) is 0 Å². The Kier molecular flexibility index (Phi) is 5.78. The van der Waals surface area contributed by atoms with Crippen LogP contribution in [0.1, 0.15) is 34.9 Å². The van der Waals surface area contributed by atoms with E-state index in [9.17, 15) is 4.79 Å². The molecule has 2 heterocycles. The van der Waals surface area contributed by atoms with Crippen molar-refractivity contribution >= 4 is 22.6 Å². The van der Waals surface area contributed by atoms with Crippen LogP contribution in [0, 0.1) is 12.8 Å². The number of rotatable bonds is 6. The lowest BCUT2D eigenvalue weighted by molar-refractivity contribution is -0.119. The van der Waals surface area contributed by atoms with E-state index < -0.39 is 0 Å². The molecule has 3 aromatic carbocycles. The number of benzene rings is 3. The Labute approximate surface area is 216 Å². The summed E-state index contributed by atoms with van der Waals surface area (Å²) in [7, 11) is 5.00. The highest BCUT2D eigenvalue weighted by molar-refractivity contribution is 5.97. The topological polar surface area (TPSA) is 65.8 Å². The number of para-hydroxylation sites is 3. The highest BCUT2D eigenvalue weighted by Gasteiger charge is 2.43. The van der Waals surface area contributed by atoms with Crippen molar-refractivity contribution in [2.24, 2.45) is 5.92 Å². The molecule has 1 aliphatic heterocycles. The number of methoxy groups -OCH3 is 3. The maximum atomic E-state index is 13.8. The Morgan fingerprint density at radius 1 is 0.946 bits per heavy atom. The number of hydrogen-bond donors (Lipinski definition) is 0. The van der Waals surface area contributed by atoms with Crippen molar-refractivity contribution in [2.75, 3.05) is 32.8 Å². The van der Waals surface area contributed by atoms with Crippen molar-refractivity contribution in [1.82, 2.24) is 9.55 Å². The van der Waals surface area contributed by atoms with Crippen LogP contribution in [0.15, 0.2) is 54.6 Å². The standard InChI is InChI=1S/C30H31N3O4/c1-18-31-23-9-5-6-10-24(23)32(18)13-12-28(34)33-17-20-14-19-15-26(36-3)27(37-4)16-22(19)29(20)21-8-7-11-25(35-2)30(21)33/h5-11,15-16,20,29H,12-14,17H2,1-4H3/t20-,29-/m0/s1. The lowest BCUT2D eigenvalue weighted by Crippen LogP contribution is -2.41. The van der Waals surface area contributed by atoms with Gasteiger partial charge in [-0.05, 0) is 66.3 Å². The van der Waals surface area contributed by atoms with Crippen molar-refractivity contribution in [3.05, 3.63) is 77.1 Å². The molecule has 0 saturated carbocycles. The van der Waals surface area contributed by atoms with E-state index in [1.165, 1.54) is 11.1 Å². The van der Waals surface area contributed by atoms with E-state index >= 15 is 0 Å². The van der Waals surface area contributed by atoms with Gasteiger partial charge in [0.1, 0.15) is 11.6 Å². The van der Waals surface area contributed by atoms with Gasteiger partial charge in [-0.3, -0.25) is 4.79 Å². The van der Waals surface area contributed by atoms with Crippen molar-refractivity contribution < 1.29 is 19.0 Å². The summed E-state index contributed by atoms with van der Waals surface area (Å²) in [6.07, 6.45) is 1.26. The molecule has 4 aromatic rings. The third-order valence-electron chi connectivity index (χ3n) is 7.90. The maximum absolute atomic E-state index is 13.8. The minimum absolute atomic E-state index is 0.0903. The van der Waals surface area contributed by atoms with Gasteiger partial charge in [0.15, 0.2) is 11.5 Å². The van der Waals surface area contributed by atoms with Crippen LogP contribution in [0.5, 0.6) is 17.2 Å². The summed E-state index contributed by atoms with van der Waals surface area (Å²) >= 11 is 0. The number of anilines is 1. The van der Waals surface area contributed by atoms with Crippen molar-refractivity contribution in [2.45, 2.75) is 32.2 Å². The number of carbonyl (C=O) groups is 1. The van der Waals surface area contributed by atoms with E-state index in [0.717, 1.165) is 51.8 Å². The van der Waals surface area contributed by atoms with Gasteiger partial charge < -0.3 is 23.7 Å². The van der Waals surface area contributed by atoms with Gasteiger partial charge in [0, 0.05) is 25.4 Å². The number of ether oxygens (including phenoxy) is 3. The number of imidazole rings is 1. The normalized spacial score (nSPS) is 17.8. The summed E-state index contributed by atoms with van der Waals surface area (Å²) in [5.74, 6) is 3.64. The molecular formula is C30H31N3O4. The first kappa shape index (κ1) is 23.4. The van der Waals surface area contributed by atoms with E-state index in [1.54, 1.807) is 21.3 Å². The van der Waals surface area contributed by atoms with E-state index in [-0.39, 0.29) is 17.7 Å². The monoisotopic (exact) mass is 497 g/mol. The third kappa shape index (κ3) is 3.72. The van der Waals surface area contributed by atoms with Gasteiger partial charge >= 0.3 is 0 Å². The van der Waals surface area contributed by atoms with Crippen LogP contribution >= 0.6 is 0 Å². The second-order valence-corrected chi connectivity index (χ2v) is 9.80.